The zero-order valence-corrected chi connectivity index (χ0v) is 18.4. The van der Waals surface area contributed by atoms with Gasteiger partial charge in [-0.05, 0) is 32.4 Å². The monoisotopic (exact) mass is 444 g/mol. The molecule has 5 heterocycles. The van der Waals surface area contributed by atoms with Crippen LogP contribution in [0.4, 0.5) is 11.6 Å². The second-order valence-electron chi connectivity index (χ2n) is 7.93. The lowest BCUT2D eigenvalue weighted by atomic mass is 10.1. The van der Waals surface area contributed by atoms with Gasteiger partial charge in [0.15, 0.2) is 17.0 Å². The van der Waals surface area contributed by atoms with Crippen LogP contribution in [0.15, 0.2) is 43.1 Å². The third-order valence-corrected chi connectivity index (χ3v) is 5.80. The normalized spacial score (nSPS) is 18.1. The molecule has 1 saturated heterocycles. The molecule has 0 spiro atoms. The van der Waals surface area contributed by atoms with Gasteiger partial charge >= 0.3 is 0 Å². The second kappa shape index (κ2) is 8.41. The van der Waals surface area contributed by atoms with E-state index < -0.39 is 6.04 Å². The number of fused-ring (bicyclic) bond motifs is 1. The van der Waals surface area contributed by atoms with Crippen molar-refractivity contribution in [1.82, 2.24) is 34.5 Å². The third kappa shape index (κ3) is 3.81. The van der Waals surface area contributed by atoms with E-state index in [4.69, 9.17) is 10.7 Å². The molecule has 11 nitrogen and oxygen atoms in total. The minimum absolute atomic E-state index is 0.0689. The largest absolute Gasteiger partial charge is 0.368 e. The van der Waals surface area contributed by atoms with Crippen LogP contribution >= 0.6 is 0 Å². The van der Waals surface area contributed by atoms with Gasteiger partial charge in [-0.15, -0.1) is 0 Å². The van der Waals surface area contributed by atoms with Crippen molar-refractivity contribution >= 4 is 28.7 Å². The van der Waals surface area contributed by atoms with E-state index in [-0.39, 0.29) is 11.9 Å². The van der Waals surface area contributed by atoms with Crippen LogP contribution in [0.3, 0.4) is 0 Å². The summed E-state index contributed by atoms with van der Waals surface area (Å²) in [5.74, 6) is 2.37. The lowest BCUT2D eigenvalue weighted by molar-refractivity contribution is -0.119. The number of anilines is 2. The van der Waals surface area contributed by atoms with Gasteiger partial charge in [-0.25, -0.2) is 29.9 Å². The van der Waals surface area contributed by atoms with Crippen molar-refractivity contribution < 1.29 is 4.79 Å². The molecule has 1 amide bonds. The molecule has 4 aromatic rings. The molecule has 0 radical (unpaired) electrons. The van der Waals surface area contributed by atoms with Crippen LogP contribution in [-0.2, 0) is 11.3 Å². The van der Waals surface area contributed by atoms with Crippen molar-refractivity contribution in [3.05, 3.63) is 48.9 Å². The molecular formula is C22H24N10O. The highest BCUT2D eigenvalue weighted by molar-refractivity contribution is 5.87. The number of nitrogens with zero attached hydrogens (tertiary/aromatic N) is 8. The molecule has 5 rings (SSSR count). The van der Waals surface area contributed by atoms with Crippen molar-refractivity contribution in [2.75, 3.05) is 16.8 Å². The van der Waals surface area contributed by atoms with E-state index in [1.54, 1.807) is 18.6 Å². The van der Waals surface area contributed by atoms with Crippen LogP contribution in [0.5, 0.6) is 0 Å². The predicted octanol–water partition coefficient (Wildman–Crippen LogP) is 1.55. The highest BCUT2D eigenvalue weighted by Crippen LogP contribution is 2.29. The molecular weight excluding hydrogens is 420 g/mol. The molecule has 11 heteroatoms. The average molecular weight is 445 g/mol. The minimum Gasteiger partial charge on any atom is -0.368 e. The zero-order valence-electron chi connectivity index (χ0n) is 18.4. The van der Waals surface area contributed by atoms with Crippen LogP contribution in [0.25, 0.3) is 22.6 Å². The van der Waals surface area contributed by atoms with E-state index >= 15 is 0 Å². The molecule has 0 aliphatic carbocycles. The number of hydrogen-bond acceptors (Lipinski definition) is 9. The Bertz CT molecular complexity index is 1290. The number of primary amides is 1. The number of pyridine rings is 1. The fraction of sp³-hybridized carbons (Fsp3) is 0.318. The minimum atomic E-state index is -0.455. The molecule has 0 aromatic carbocycles. The predicted molar refractivity (Wildman–Crippen MR) is 123 cm³/mol. The fourth-order valence-corrected chi connectivity index (χ4v) is 4.25. The summed E-state index contributed by atoms with van der Waals surface area (Å²) in [5.41, 5.74) is 7.88. The number of nitrogens with two attached hydrogens (primary N) is 1. The van der Waals surface area contributed by atoms with E-state index in [9.17, 15) is 4.79 Å². The quantitative estimate of drug-likeness (QED) is 0.453. The molecule has 33 heavy (non-hydrogen) atoms. The number of hydrogen-bond donors (Lipinski definition) is 2. The molecule has 0 saturated carbocycles. The topological polar surface area (TPSA) is 141 Å². The molecule has 2 unspecified atom stereocenters. The summed E-state index contributed by atoms with van der Waals surface area (Å²) < 4.78 is 2.01. The summed E-state index contributed by atoms with van der Waals surface area (Å²) in [5, 5.41) is 3.46. The van der Waals surface area contributed by atoms with Crippen LogP contribution in [0.2, 0.25) is 0 Å². The summed E-state index contributed by atoms with van der Waals surface area (Å²) in [6.45, 7) is 5.11. The maximum absolute atomic E-state index is 12.1. The number of aromatic nitrogens is 7. The first-order valence-corrected chi connectivity index (χ1v) is 10.8. The van der Waals surface area contributed by atoms with Crippen molar-refractivity contribution in [2.45, 2.75) is 38.9 Å². The van der Waals surface area contributed by atoms with E-state index in [1.165, 1.54) is 6.33 Å². The molecule has 0 bridgehead atoms. The van der Waals surface area contributed by atoms with Crippen molar-refractivity contribution in [3.8, 4) is 11.4 Å². The molecule has 4 aromatic heterocycles. The van der Waals surface area contributed by atoms with Gasteiger partial charge in [0, 0.05) is 37.7 Å². The van der Waals surface area contributed by atoms with Gasteiger partial charge in [-0.3, -0.25) is 4.79 Å². The Labute approximate surface area is 190 Å². The Morgan fingerprint density at radius 1 is 1.18 bits per heavy atom. The summed E-state index contributed by atoms with van der Waals surface area (Å²) in [6, 6.07) is 5.08. The first kappa shape index (κ1) is 20.7. The zero-order chi connectivity index (χ0) is 22.9. The van der Waals surface area contributed by atoms with Crippen molar-refractivity contribution in [1.29, 1.82) is 0 Å². The van der Waals surface area contributed by atoms with Crippen LogP contribution in [-0.4, -0.2) is 59.0 Å². The smallest absolute Gasteiger partial charge is 0.240 e. The van der Waals surface area contributed by atoms with E-state index in [0.717, 1.165) is 22.9 Å². The Kier molecular flexibility index (Phi) is 5.29. The average Bonchev–Trinajstić information content (AvgIpc) is 3.42. The van der Waals surface area contributed by atoms with Gasteiger partial charge in [-0.1, -0.05) is 6.07 Å². The lowest BCUT2D eigenvalue weighted by Crippen LogP contribution is -2.40. The SMILES string of the molecule is CCn1c(-c2cnc(C)nc2)nc2c(NC3CC(C(N)=O)N(c4ccccn4)C3)ncnc21. The Morgan fingerprint density at radius 3 is 2.70 bits per heavy atom. The number of carbonyl (C=O) groups is 1. The maximum Gasteiger partial charge on any atom is 0.240 e. The lowest BCUT2D eigenvalue weighted by Gasteiger charge is -2.22. The van der Waals surface area contributed by atoms with Gasteiger partial charge < -0.3 is 20.5 Å². The second-order valence-corrected chi connectivity index (χ2v) is 7.93. The highest BCUT2D eigenvalue weighted by atomic mass is 16.1. The molecule has 3 N–H and O–H groups in total. The Balaban J connectivity index is 1.48. The summed E-state index contributed by atoms with van der Waals surface area (Å²) in [6.07, 6.45) is 7.27. The summed E-state index contributed by atoms with van der Waals surface area (Å²) >= 11 is 0. The van der Waals surface area contributed by atoms with Gasteiger partial charge in [0.25, 0.3) is 0 Å². The Hall–Kier alpha value is -4.15. The maximum atomic E-state index is 12.1. The van der Waals surface area contributed by atoms with Crippen molar-refractivity contribution in [2.24, 2.45) is 5.73 Å². The van der Waals surface area contributed by atoms with Gasteiger partial charge in [0.2, 0.25) is 5.91 Å². The number of imidazole rings is 1. The standard InChI is InChI=1S/C22H24N10O/c1-3-31-21(14-9-25-13(2)26-10-14)30-18-20(27-12-28-22(18)31)29-15-8-16(19(23)33)32(11-15)17-6-4-5-7-24-17/h4-7,9-10,12,15-16H,3,8,11H2,1-2H3,(H2,23,33)(H,27,28,29). The van der Waals surface area contributed by atoms with E-state index in [2.05, 4.69) is 30.2 Å². The molecule has 2 atom stereocenters. The molecule has 1 aliphatic heterocycles. The van der Waals surface area contributed by atoms with E-state index in [1.807, 2.05) is 41.5 Å². The van der Waals surface area contributed by atoms with Gasteiger partial charge in [-0.2, -0.15) is 0 Å². The Morgan fingerprint density at radius 2 is 2.00 bits per heavy atom. The van der Waals surface area contributed by atoms with Gasteiger partial charge in [0.1, 0.15) is 29.8 Å². The summed E-state index contributed by atoms with van der Waals surface area (Å²) in [4.78, 5) is 40.8. The number of nitrogens with one attached hydrogen (secondary N) is 1. The first-order chi connectivity index (χ1) is 16.0. The third-order valence-electron chi connectivity index (χ3n) is 5.80. The highest BCUT2D eigenvalue weighted by Gasteiger charge is 2.37. The number of rotatable bonds is 6. The van der Waals surface area contributed by atoms with Crippen LogP contribution < -0.4 is 16.0 Å². The van der Waals surface area contributed by atoms with Crippen LogP contribution in [0.1, 0.15) is 19.2 Å². The molecule has 168 valence electrons. The molecule has 1 fully saturated rings. The summed E-state index contributed by atoms with van der Waals surface area (Å²) in [7, 11) is 0. The molecule has 1 aliphatic rings. The van der Waals surface area contributed by atoms with Gasteiger partial charge in [0.05, 0.1) is 5.56 Å². The van der Waals surface area contributed by atoms with Crippen molar-refractivity contribution in [3.63, 3.8) is 0 Å². The number of amides is 1. The first-order valence-electron chi connectivity index (χ1n) is 10.8. The number of aryl methyl sites for hydroxylation is 2. The number of carbonyl (C=O) groups excluding carboxylic acids is 1. The fourth-order valence-electron chi connectivity index (χ4n) is 4.25. The van der Waals surface area contributed by atoms with Crippen LogP contribution in [0, 0.1) is 6.92 Å². The van der Waals surface area contributed by atoms with E-state index in [0.29, 0.717) is 36.7 Å².